The Morgan fingerprint density at radius 2 is 1.05 bits per heavy atom. The van der Waals surface area contributed by atoms with Crippen molar-refractivity contribution in [1.82, 2.24) is 0 Å². The third kappa shape index (κ3) is 45.6. The summed E-state index contributed by atoms with van der Waals surface area (Å²) in [5.41, 5.74) is 0. The molecular formula is C14H25O6Ru. The zero-order chi connectivity index (χ0) is 17.1. The van der Waals surface area contributed by atoms with Gasteiger partial charge in [-0.25, -0.2) is 0 Å². The van der Waals surface area contributed by atoms with Gasteiger partial charge in [0.1, 0.15) is 0 Å². The van der Waals surface area contributed by atoms with Gasteiger partial charge < -0.3 is 20.1 Å². The monoisotopic (exact) mass is 391 g/mol. The van der Waals surface area contributed by atoms with Gasteiger partial charge in [0.05, 0.1) is 11.5 Å². The van der Waals surface area contributed by atoms with Crippen molar-refractivity contribution in [1.29, 1.82) is 0 Å². The van der Waals surface area contributed by atoms with E-state index < -0.39 is 0 Å². The molecule has 0 fully saturated rings. The number of rotatable bonds is 4. The summed E-state index contributed by atoms with van der Waals surface area (Å²) in [4.78, 5) is 28.5. The van der Waals surface area contributed by atoms with E-state index in [4.69, 9.17) is 20.1 Å². The molecule has 0 aliphatic heterocycles. The van der Waals surface area contributed by atoms with Crippen LogP contribution in [0.3, 0.4) is 0 Å². The molecular weight excluding hydrogens is 365 g/mol. The Morgan fingerprint density at radius 1 is 0.857 bits per heavy atom. The summed E-state index contributed by atoms with van der Waals surface area (Å²) < 4.78 is 0. The number of hydrogen-bond acceptors (Lipinski definition) is 6. The van der Waals surface area contributed by atoms with Gasteiger partial charge in [0.25, 0.3) is 0 Å². The minimum absolute atomic E-state index is 0. The summed E-state index contributed by atoms with van der Waals surface area (Å²) >= 11 is 0. The van der Waals surface area contributed by atoms with E-state index in [0.29, 0.717) is 12.8 Å². The van der Waals surface area contributed by atoms with E-state index in [-0.39, 0.29) is 42.6 Å². The van der Waals surface area contributed by atoms with Crippen LogP contribution in [-0.4, -0.2) is 40.8 Å². The number of carbonyl (C=O) groups excluding carboxylic acids is 3. The van der Waals surface area contributed by atoms with Crippen molar-refractivity contribution in [2.45, 2.75) is 40.5 Å². The fourth-order valence-corrected chi connectivity index (χ4v) is 0.670. The molecule has 0 aromatic rings. The van der Waals surface area contributed by atoms with Gasteiger partial charge in [-0.1, -0.05) is 13.8 Å². The van der Waals surface area contributed by atoms with Crippen LogP contribution in [0, 0.1) is 0 Å². The predicted octanol–water partition coefficient (Wildman–Crippen LogP) is 2.19. The number of ketones is 2. The molecule has 6 nitrogen and oxygen atoms in total. The first-order valence-electron chi connectivity index (χ1n) is 5.81. The molecule has 0 saturated heterocycles. The van der Waals surface area contributed by atoms with Crippen LogP contribution in [0.5, 0.6) is 0 Å². The number of allylic oxidation sites excluding steroid dienone is 4. The summed E-state index contributed by atoms with van der Waals surface area (Å²) in [5.74, 6) is 0.0868. The van der Waals surface area contributed by atoms with Crippen molar-refractivity contribution in [3.63, 3.8) is 0 Å². The molecule has 0 aromatic carbocycles. The topological polar surface area (TPSA) is 112 Å². The van der Waals surface area contributed by atoms with Crippen molar-refractivity contribution in [3.05, 3.63) is 23.7 Å². The maximum absolute atomic E-state index is 10.4. The molecule has 3 N–H and O–H groups in total. The summed E-state index contributed by atoms with van der Waals surface area (Å²) in [6, 6.07) is 0. The van der Waals surface area contributed by atoms with Gasteiger partial charge in [0.15, 0.2) is 11.6 Å². The molecule has 0 unspecified atom stereocenters. The van der Waals surface area contributed by atoms with Crippen LogP contribution >= 0.6 is 0 Å². The van der Waals surface area contributed by atoms with E-state index in [9.17, 15) is 9.59 Å². The Hall–Kier alpha value is -1.33. The first-order chi connectivity index (χ1) is 9.33. The van der Waals surface area contributed by atoms with Crippen LogP contribution in [0.1, 0.15) is 40.5 Å². The van der Waals surface area contributed by atoms with Crippen LogP contribution < -0.4 is 0 Å². The van der Waals surface area contributed by atoms with Gasteiger partial charge in [-0.2, -0.15) is 0 Å². The molecule has 0 saturated carbocycles. The van der Waals surface area contributed by atoms with Gasteiger partial charge >= 0.3 is 19.5 Å². The third-order valence-electron chi connectivity index (χ3n) is 1.44. The molecule has 0 aliphatic carbocycles. The van der Waals surface area contributed by atoms with Crippen molar-refractivity contribution < 1.29 is 49.2 Å². The van der Waals surface area contributed by atoms with Gasteiger partial charge in [-0.15, -0.1) is 0 Å². The Balaban J connectivity index is -0.0000000630. The molecule has 0 aromatic heterocycles. The van der Waals surface area contributed by atoms with E-state index in [1.54, 1.807) is 13.8 Å². The Morgan fingerprint density at radius 3 is 1.10 bits per heavy atom. The van der Waals surface area contributed by atoms with Crippen molar-refractivity contribution >= 4 is 18.4 Å². The van der Waals surface area contributed by atoms with E-state index in [0.717, 1.165) is 7.11 Å². The van der Waals surface area contributed by atoms with Gasteiger partial charge in [0.2, 0.25) is 0 Å². The molecule has 0 amide bonds. The molecule has 0 spiro atoms. The quantitative estimate of drug-likeness (QED) is 0.223. The van der Waals surface area contributed by atoms with Gasteiger partial charge in [0, 0.05) is 32.1 Å². The first-order valence-corrected chi connectivity index (χ1v) is 5.81. The minimum atomic E-state index is -0.0370. The summed E-state index contributed by atoms with van der Waals surface area (Å²) in [5, 5.41) is 24.0. The average molecular weight is 390 g/mol. The number of carbonyl (C=O) groups is 2. The Bertz CT molecular complexity index is 273. The summed E-state index contributed by atoms with van der Waals surface area (Å²) in [6.45, 7) is 9.71. The van der Waals surface area contributed by atoms with Crippen molar-refractivity contribution in [2.75, 3.05) is 7.11 Å². The van der Waals surface area contributed by atoms with E-state index in [1.807, 2.05) is 0 Å². The number of aliphatic hydroxyl groups excluding tert-OH is 3. The Kier molecular flexibility index (Phi) is 41.1. The number of hydrogen-bond donors (Lipinski definition) is 3. The summed E-state index contributed by atoms with van der Waals surface area (Å²) in [6.07, 6.45) is 3.36. The van der Waals surface area contributed by atoms with Crippen LogP contribution in [0.2, 0.25) is 0 Å². The normalized spacial score (nSPS) is 9.24. The van der Waals surface area contributed by atoms with Crippen LogP contribution in [0.15, 0.2) is 23.7 Å². The Labute approximate surface area is 139 Å². The van der Waals surface area contributed by atoms with Crippen LogP contribution in [0.25, 0.3) is 0 Å². The molecule has 0 bridgehead atoms. The standard InChI is InChI=1S/2C6H10O2.CH4O.CHO.Ru/c2*1-3-6(8)4-5(2)7;2*1-2;/h2*4,7H,3H2,1-2H3;2H,1H3;1H;/q;;;-1;+1. The largest absolute Gasteiger partial charge is 1.00 e. The third-order valence-corrected chi connectivity index (χ3v) is 1.44. The van der Waals surface area contributed by atoms with Gasteiger partial charge in [-0.05, 0) is 13.8 Å². The second kappa shape index (κ2) is 27.1. The van der Waals surface area contributed by atoms with E-state index in [1.165, 1.54) is 26.0 Å². The van der Waals surface area contributed by atoms with E-state index in [2.05, 4.69) is 6.79 Å². The first kappa shape index (κ1) is 31.9. The SMILES string of the molecule is CCC(=O)C=C(C)O.CCC(=O)C=C(C)O.CO.[CH-]=O.[Ru+]. The molecule has 0 rings (SSSR count). The van der Waals surface area contributed by atoms with Crippen molar-refractivity contribution in [2.24, 2.45) is 0 Å². The zero-order valence-corrected chi connectivity index (χ0v) is 14.8. The molecule has 0 aliphatic rings. The second-order valence-corrected chi connectivity index (χ2v) is 3.21. The van der Waals surface area contributed by atoms with Crippen LogP contribution in [-0.2, 0) is 33.9 Å². The zero-order valence-electron chi connectivity index (χ0n) is 13.1. The number of aliphatic hydroxyl groups is 3. The minimum Gasteiger partial charge on any atom is -0.545 e. The predicted molar refractivity (Wildman–Crippen MR) is 78.3 cm³/mol. The molecule has 21 heavy (non-hydrogen) atoms. The molecule has 7 heteroatoms. The maximum Gasteiger partial charge on any atom is 1.00 e. The molecule has 125 valence electrons. The summed E-state index contributed by atoms with van der Waals surface area (Å²) in [7, 11) is 1.00. The van der Waals surface area contributed by atoms with Crippen LogP contribution in [0.4, 0.5) is 0 Å². The van der Waals surface area contributed by atoms with Crippen molar-refractivity contribution in [3.8, 4) is 0 Å². The van der Waals surface area contributed by atoms with Gasteiger partial charge in [-0.3, -0.25) is 16.4 Å². The fraction of sp³-hybridized carbons (Fsp3) is 0.500. The molecule has 1 radical (unpaired) electrons. The second-order valence-electron chi connectivity index (χ2n) is 3.21. The fourth-order valence-electron chi connectivity index (χ4n) is 0.670. The molecule has 0 heterocycles. The smallest absolute Gasteiger partial charge is 0.545 e. The average Bonchev–Trinajstić information content (AvgIpc) is 2.42. The van der Waals surface area contributed by atoms with E-state index >= 15 is 0 Å². The maximum atomic E-state index is 10.4. The molecule has 0 atom stereocenters.